The Morgan fingerprint density at radius 2 is 1.87 bits per heavy atom. The number of halogens is 1. The van der Waals surface area contributed by atoms with Crippen LogP contribution in [-0.4, -0.2) is 72.5 Å². The molecule has 30 heavy (non-hydrogen) atoms. The van der Waals surface area contributed by atoms with E-state index in [1.807, 2.05) is 6.07 Å². The first-order valence-corrected chi connectivity index (χ1v) is 10.9. The Labute approximate surface area is 196 Å². The van der Waals surface area contributed by atoms with Crippen molar-refractivity contribution in [2.24, 2.45) is 16.8 Å². The number of hydrogen-bond acceptors (Lipinski definition) is 5. The molecule has 3 aliphatic rings. The average molecular weight is 527 g/mol. The topological polar surface area (TPSA) is 85.8 Å². The van der Waals surface area contributed by atoms with Gasteiger partial charge in [-0.1, -0.05) is 6.42 Å². The van der Waals surface area contributed by atoms with Gasteiger partial charge in [0.05, 0.1) is 0 Å². The molecule has 8 nitrogen and oxygen atoms in total. The quantitative estimate of drug-likeness (QED) is 0.346. The van der Waals surface area contributed by atoms with E-state index in [2.05, 4.69) is 30.5 Å². The number of hydrogen-bond donors (Lipinski definition) is 2. The van der Waals surface area contributed by atoms with Crippen LogP contribution in [0.2, 0.25) is 0 Å². The second kappa shape index (κ2) is 10.6. The second-order valence-electron chi connectivity index (χ2n) is 8.83. The normalized spacial score (nSPS) is 26.3. The zero-order valence-corrected chi connectivity index (χ0v) is 20.3. The monoisotopic (exact) mass is 527 g/mol. The Morgan fingerprint density at radius 3 is 2.47 bits per heavy atom. The molecule has 0 spiro atoms. The lowest BCUT2D eigenvalue weighted by atomic mass is 9.95. The maximum Gasteiger partial charge on any atom is 0.243 e. The molecule has 2 aliphatic carbocycles. The third kappa shape index (κ3) is 5.73. The molecule has 1 aromatic heterocycles. The maximum atomic E-state index is 12.0. The number of amides is 1. The summed E-state index contributed by atoms with van der Waals surface area (Å²) in [4.78, 5) is 29.2. The fourth-order valence-corrected chi connectivity index (χ4v) is 4.89. The molecule has 3 atom stereocenters. The average Bonchev–Trinajstić information content (AvgIpc) is 3.36. The van der Waals surface area contributed by atoms with E-state index in [0.717, 1.165) is 49.7 Å². The van der Waals surface area contributed by atoms with E-state index >= 15 is 0 Å². The SMILES string of the molecule is CN(C)C(=O)CN=C(NC1CCN(c2ncccn2)CC1)NC1CC2CCC1C2.I. The van der Waals surface area contributed by atoms with Crippen molar-refractivity contribution in [3.8, 4) is 0 Å². The van der Waals surface area contributed by atoms with Gasteiger partial charge >= 0.3 is 0 Å². The maximum absolute atomic E-state index is 12.0. The van der Waals surface area contributed by atoms with Crippen molar-refractivity contribution in [2.45, 2.75) is 50.6 Å². The zero-order chi connectivity index (χ0) is 20.2. The summed E-state index contributed by atoms with van der Waals surface area (Å²) in [7, 11) is 3.55. The lowest BCUT2D eigenvalue weighted by Crippen LogP contribution is -2.52. The van der Waals surface area contributed by atoms with Crippen LogP contribution in [0.1, 0.15) is 38.5 Å². The van der Waals surface area contributed by atoms with Gasteiger partial charge in [0.25, 0.3) is 0 Å². The van der Waals surface area contributed by atoms with Crippen molar-refractivity contribution in [1.29, 1.82) is 0 Å². The Morgan fingerprint density at radius 1 is 1.13 bits per heavy atom. The Kier molecular flexibility index (Phi) is 8.13. The van der Waals surface area contributed by atoms with Gasteiger partial charge in [0.1, 0.15) is 6.54 Å². The minimum Gasteiger partial charge on any atom is -0.354 e. The lowest BCUT2D eigenvalue weighted by molar-refractivity contribution is -0.127. The summed E-state index contributed by atoms with van der Waals surface area (Å²) < 4.78 is 0. The van der Waals surface area contributed by atoms with Crippen molar-refractivity contribution >= 4 is 41.8 Å². The summed E-state index contributed by atoms with van der Waals surface area (Å²) in [5.41, 5.74) is 0. The van der Waals surface area contributed by atoms with Gasteiger partial charge in [-0.15, -0.1) is 24.0 Å². The summed E-state index contributed by atoms with van der Waals surface area (Å²) in [5.74, 6) is 3.25. The highest BCUT2D eigenvalue weighted by Crippen LogP contribution is 2.44. The predicted molar refractivity (Wildman–Crippen MR) is 129 cm³/mol. The van der Waals surface area contributed by atoms with Crippen molar-refractivity contribution in [3.05, 3.63) is 18.5 Å². The summed E-state index contributed by atoms with van der Waals surface area (Å²) in [5, 5.41) is 7.27. The highest BCUT2D eigenvalue weighted by atomic mass is 127. The van der Waals surface area contributed by atoms with Gasteiger partial charge in [-0.3, -0.25) is 4.79 Å². The first-order valence-electron chi connectivity index (χ1n) is 10.9. The molecule has 166 valence electrons. The molecule has 2 N–H and O–H groups in total. The van der Waals surface area contributed by atoms with Gasteiger partial charge in [0.2, 0.25) is 11.9 Å². The van der Waals surface area contributed by atoms with Crippen LogP contribution in [0, 0.1) is 11.8 Å². The summed E-state index contributed by atoms with van der Waals surface area (Å²) in [6, 6.07) is 2.68. The lowest BCUT2D eigenvalue weighted by Gasteiger charge is -2.34. The number of fused-ring (bicyclic) bond motifs is 2. The number of likely N-dealkylation sites (N-methyl/N-ethyl adjacent to an activating group) is 1. The largest absolute Gasteiger partial charge is 0.354 e. The molecule has 9 heteroatoms. The van der Waals surface area contributed by atoms with Gasteiger partial charge in [-0.25, -0.2) is 15.0 Å². The second-order valence-corrected chi connectivity index (χ2v) is 8.83. The standard InChI is InChI=1S/C21H33N7O.HI/c1-27(2)19(29)14-24-20(26-18-13-15-4-5-16(18)12-15)25-17-6-10-28(11-7-17)21-22-8-3-9-23-21;/h3,8-9,15-18H,4-7,10-14H2,1-2H3,(H2,24,25,26);1H. The molecule has 1 saturated heterocycles. The fourth-order valence-electron chi connectivity index (χ4n) is 4.89. The van der Waals surface area contributed by atoms with Crippen LogP contribution in [0.3, 0.4) is 0 Å². The van der Waals surface area contributed by atoms with Gasteiger partial charge in [-0.2, -0.15) is 0 Å². The molecule has 2 heterocycles. The number of nitrogens with zero attached hydrogens (tertiary/aromatic N) is 5. The molecular weight excluding hydrogens is 493 g/mol. The zero-order valence-electron chi connectivity index (χ0n) is 18.0. The van der Waals surface area contributed by atoms with Gasteiger partial charge in [-0.05, 0) is 50.0 Å². The molecule has 0 aromatic carbocycles. The summed E-state index contributed by atoms with van der Waals surface area (Å²) >= 11 is 0. The number of carbonyl (C=O) groups excluding carboxylic acids is 1. The fraction of sp³-hybridized carbons (Fsp3) is 0.714. The van der Waals surface area contributed by atoms with E-state index in [9.17, 15) is 4.79 Å². The van der Waals surface area contributed by atoms with E-state index in [0.29, 0.717) is 12.1 Å². The summed E-state index contributed by atoms with van der Waals surface area (Å²) in [6.45, 7) is 2.01. The first kappa shape index (κ1) is 23.0. The molecule has 3 unspecified atom stereocenters. The van der Waals surface area contributed by atoms with Crippen molar-refractivity contribution in [3.63, 3.8) is 0 Å². The molecule has 3 fully saturated rings. The van der Waals surface area contributed by atoms with Crippen LogP contribution in [-0.2, 0) is 4.79 Å². The molecular formula is C21H34IN7O. The van der Waals surface area contributed by atoms with Crippen molar-refractivity contribution < 1.29 is 4.79 Å². The van der Waals surface area contributed by atoms with Crippen LogP contribution in [0.15, 0.2) is 23.5 Å². The Bertz CT molecular complexity index is 721. The number of guanidine groups is 1. The molecule has 1 aromatic rings. The Balaban J connectivity index is 0.00000256. The number of anilines is 1. The number of piperidine rings is 1. The van der Waals surface area contributed by atoms with Crippen LogP contribution in [0.25, 0.3) is 0 Å². The molecule has 2 bridgehead atoms. The van der Waals surface area contributed by atoms with Gasteiger partial charge < -0.3 is 20.4 Å². The molecule has 0 radical (unpaired) electrons. The predicted octanol–water partition coefficient (Wildman–Crippen LogP) is 1.88. The van der Waals surface area contributed by atoms with Crippen molar-refractivity contribution in [1.82, 2.24) is 25.5 Å². The van der Waals surface area contributed by atoms with Gasteiger partial charge in [0.15, 0.2) is 5.96 Å². The number of aromatic nitrogens is 2. The van der Waals surface area contributed by atoms with E-state index in [1.165, 1.54) is 25.7 Å². The third-order valence-electron chi connectivity index (χ3n) is 6.60. The van der Waals surface area contributed by atoms with Crippen molar-refractivity contribution in [2.75, 3.05) is 38.6 Å². The number of rotatable bonds is 5. The van der Waals surface area contributed by atoms with E-state index in [4.69, 9.17) is 0 Å². The highest BCUT2D eigenvalue weighted by molar-refractivity contribution is 14.0. The number of nitrogens with one attached hydrogen (secondary N) is 2. The highest BCUT2D eigenvalue weighted by Gasteiger charge is 2.40. The first-order chi connectivity index (χ1) is 14.1. The minimum atomic E-state index is 0. The number of aliphatic imine (C=N–C) groups is 1. The van der Waals surface area contributed by atoms with E-state index in [-0.39, 0.29) is 36.4 Å². The number of carbonyl (C=O) groups is 1. The van der Waals surface area contributed by atoms with Crippen LogP contribution < -0.4 is 15.5 Å². The van der Waals surface area contributed by atoms with Gasteiger partial charge in [0, 0.05) is 51.7 Å². The molecule has 1 amide bonds. The minimum absolute atomic E-state index is 0. The van der Waals surface area contributed by atoms with E-state index < -0.39 is 0 Å². The van der Waals surface area contributed by atoms with Crippen LogP contribution in [0.5, 0.6) is 0 Å². The molecule has 2 saturated carbocycles. The molecule has 4 rings (SSSR count). The third-order valence-corrected chi connectivity index (χ3v) is 6.60. The Hall–Kier alpha value is -1.65. The smallest absolute Gasteiger partial charge is 0.243 e. The summed E-state index contributed by atoms with van der Waals surface area (Å²) in [6.07, 6.45) is 10.9. The van der Waals surface area contributed by atoms with E-state index in [1.54, 1.807) is 31.4 Å². The molecule has 1 aliphatic heterocycles. The van der Waals surface area contributed by atoms with Crippen LogP contribution in [0.4, 0.5) is 5.95 Å². The van der Waals surface area contributed by atoms with Crippen LogP contribution >= 0.6 is 24.0 Å².